The molecule has 2 atom stereocenters. The molecule has 0 aliphatic rings. The van der Waals surface area contributed by atoms with E-state index in [1.54, 1.807) is 21.3 Å². The normalized spacial score (nSPS) is 14.3. The van der Waals surface area contributed by atoms with Crippen molar-refractivity contribution < 1.29 is 27.9 Å². The van der Waals surface area contributed by atoms with Crippen molar-refractivity contribution in [3.8, 4) is 12.0 Å². The molecule has 0 saturated carbocycles. The molecule has 1 aromatic rings. The van der Waals surface area contributed by atoms with Crippen LogP contribution in [-0.2, 0) is 9.47 Å². The fraction of sp³-hybridized carbons (Fsp3) is 0.850. The first-order valence-electron chi connectivity index (χ1n) is 10.8. The second kappa shape index (κ2) is 12.2. The Morgan fingerprint density at radius 2 is 1.10 bits per heavy atom. The Bertz CT molecular complexity index is 577. The van der Waals surface area contributed by atoms with Crippen LogP contribution in [0, 0.1) is 0 Å². The molecule has 0 aliphatic heterocycles. The van der Waals surface area contributed by atoms with E-state index in [-0.39, 0.29) is 24.5 Å². The molecule has 10 nitrogen and oxygen atoms in total. The smallest absolute Gasteiger partial charge is 0.328 e. The number of hydrogen-bond donors (Lipinski definition) is 1. The third-order valence-electron chi connectivity index (χ3n) is 6.20. The molecular formula is C20H42N6O4+2. The number of aromatic nitrogens is 3. The van der Waals surface area contributed by atoms with E-state index in [4.69, 9.17) is 18.9 Å². The Morgan fingerprint density at radius 1 is 0.733 bits per heavy atom. The highest BCUT2D eigenvalue weighted by Gasteiger charge is 2.35. The summed E-state index contributed by atoms with van der Waals surface area (Å²) in [4.78, 5) is 13.2. The molecule has 1 aromatic heterocycles. The van der Waals surface area contributed by atoms with Gasteiger partial charge in [-0.05, 0) is 27.7 Å². The molecule has 1 rings (SSSR count). The number of quaternary nitrogens is 2. The van der Waals surface area contributed by atoms with E-state index in [0.717, 1.165) is 26.2 Å². The molecular weight excluding hydrogens is 388 g/mol. The molecule has 1 N–H and O–H groups in total. The van der Waals surface area contributed by atoms with Gasteiger partial charge in [0.1, 0.15) is 0 Å². The molecule has 0 unspecified atom stereocenters. The minimum Gasteiger partial charge on any atom is -0.410 e. The molecule has 10 heteroatoms. The lowest BCUT2D eigenvalue weighted by Crippen LogP contribution is -2.57. The fourth-order valence-electron chi connectivity index (χ4n) is 3.65. The van der Waals surface area contributed by atoms with Gasteiger partial charge in [-0.3, -0.25) is 8.97 Å². The number of ether oxygens (including phenoxy) is 4. The largest absolute Gasteiger partial charge is 0.410 e. The summed E-state index contributed by atoms with van der Waals surface area (Å²) < 4.78 is 24.4. The van der Waals surface area contributed by atoms with Crippen molar-refractivity contribution in [3.63, 3.8) is 0 Å². The zero-order chi connectivity index (χ0) is 22.8. The van der Waals surface area contributed by atoms with Crippen LogP contribution in [0.4, 0.5) is 5.95 Å². The molecule has 0 spiro atoms. The van der Waals surface area contributed by atoms with Gasteiger partial charge in [0.25, 0.3) is 0 Å². The topological polar surface area (TPSA) is 87.6 Å². The van der Waals surface area contributed by atoms with Crippen molar-refractivity contribution in [2.24, 2.45) is 0 Å². The molecule has 0 saturated heterocycles. The highest BCUT2D eigenvalue weighted by Crippen LogP contribution is 2.22. The van der Waals surface area contributed by atoms with Gasteiger partial charge in [-0.15, -0.1) is 4.98 Å². The van der Waals surface area contributed by atoms with E-state index in [1.165, 1.54) is 0 Å². The van der Waals surface area contributed by atoms with Crippen molar-refractivity contribution in [2.45, 2.75) is 54.0 Å². The van der Waals surface area contributed by atoms with Crippen molar-refractivity contribution in [1.29, 1.82) is 0 Å². The Labute approximate surface area is 181 Å². The highest BCUT2D eigenvalue weighted by atomic mass is 16.6. The molecule has 1 heterocycles. The van der Waals surface area contributed by atoms with Crippen LogP contribution < -0.4 is 14.8 Å². The maximum atomic E-state index is 6.14. The van der Waals surface area contributed by atoms with E-state index in [1.807, 2.05) is 13.8 Å². The number of rotatable bonds is 15. The van der Waals surface area contributed by atoms with Crippen molar-refractivity contribution >= 4 is 5.95 Å². The summed E-state index contributed by atoms with van der Waals surface area (Å²) in [5, 5.41) is 2.96. The molecule has 0 bridgehead atoms. The molecule has 0 radical (unpaired) electrons. The van der Waals surface area contributed by atoms with E-state index in [9.17, 15) is 0 Å². The number of methoxy groups -OCH3 is 2. The molecule has 174 valence electrons. The van der Waals surface area contributed by atoms with Crippen LogP contribution in [0.25, 0.3) is 0 Å². The second-order valence-electron chi connectivity index (χ2n) is 7.45. The van der Waals surface area contributed by atoms with Crippen molar-refractivity contribution in [3.05, 3.63) is 0 Å². The molecule has 0 aromatic carbocycles. The van der Waals surface area contributed by atoms with Gasteiger partial charge in [-0.25, -0.2) is 0 Å². The lowest BCUT2D eigenvalue weighted by atomic mass is 10.3. The maximum Gasteiger partial charge on any atom is 0.328 e. The van der Waals surface area contributed by atoms with E-state index < -0.39 is 0 Å². The number of nitrogens with zero attached hydrogens (tertiary/aromatic N) is 5. The first-order chi connectivity index (χ1) is 14.3. The molecule has 0 fully saturated rings. The van der Waals surface area contributed by atoms with Crippen molar-refractivity contribution in [2.75, 3.05) is 66.2 Å². The SMILES string of the molecule is CC[N+](CC)(COC)[C@H](C)Oc1nc(NC)nc(O[C@@H](C)[N+](CC)(CC)COC)n1. The second-order valence-corrected chi connectivity index (χ2v) is 7.45. The van der Waals surface area contributed by atoms with E-state index in [2.05, 4.69) is 48.0 Å². The Morgan fingerprint density at radius 3 is 1.37 bits per heavy atom. The summed E-state index contributed by atoms with van der Waals surface area (Å²) in [5.41, 5.74) is 0. The van der Waals surface area contributed by atoms with Gasteiger partial charge in [0.15, 0.2) is 13.5 Å². The minimum atomic E-state index is -0.202. The zero-order valence-corrected chi connectivity index (χ0v) is 20.3. The summed E-state index contributed by atoms with van der Waals surface area (Å²) >= 11 is 0. The lowest BCUT2D eigenvalue weighted by Gasteiger charge is -2.40. The molecule has 0 amide bonds. The summed E-state index contributed by atoms with van der Waals surface area (Å²) in [6, 6.07) is 0.449. The van der Waals surface area contributed by atoms with Gasteiger partial charge >= 0.3 is 12.0 Å². The lowest BCUT2D eigenvalue weighted by molar-refractivity contribution is -0.978. The zero-order valence-electron chi connectivity index (χ0n) is 20.3. The van der Waals surface area contributed by atoms with Crippen LogP contribution in [0.15, 0.2) is 0 Å². The third-order valence-corrected chi connectivity index (χ3v) is 6.20. The Balaban J connectivity index is 3.14. The molecule has 30 heavy (non-hydrogen) atoms. The highest BCUT2D eigenvalue weighted by molar-refractivity contribution is 5.26. The van der Waals surface area contributed by atoms with Crippen LogP contribution in [0.2, 0.25) is 0 Å². The summed E-state index contributed by atoms with van der Waals surface area (Å²) in [5.74, 6) is 0.394. The predicted octanol–water partition coefficient (Wildman–Crippen LogP) is 2.28. The van der Waals surface area contributed by atoms with E-state index in [0.29, 0.717) is 28.4 Å². The average molecular weight is 431 g/mol. The van der Waals surface area contributed by atoms with Crippen LogP contribution in [0.3, 0.4) is 0 Å². The monoisotopic (exact) mass is 430 g/mol. The average Bonchev–Trinajstić information content (AvgIpc) is 2.75. The number of nitrogens with one attached hydrogen (secondary N) is 1. The van der Waals surface area contributed by atoms with Gasteiger partial charge in [-0.1, -0.05) is 0 Å². The van der Waals surface area contributed by atoms with E-state index >= 15 is 0 Å². The van der Waals surface area contributed by atoms with Gasteiger partial charge in [0, 0.05) is 35.1 Å². The Kier molecular flexibility index (Phi) is 10.7. The van der Waals surface area contributed by atoms with Gasteiger partial charge in [-0.2, -0.15) is 9.97 Å². The number of anilines is 1. The standard InChI is InChI=1S/C20H42N6O4/c1-10-25(11-2,14-27-8)16(5)29-19-22-18(21-7)23-20(24-19)30-17(6)26(12-3,13-4)15-28-9/h16-17H,10-15H2,1-9H3,(H,21,22,23,24)/q+2/t16-,17-/m0/s1. The summed E-state index contributed by atoms with van der Waals surface area (Å²) in [6.45, 7) is 17.0. The van der Waals surface area contributed by atoms with Crippen LogP contribution in [0.5, 0.6) is 12.0 Å². The van der Waals surface area contributed by atoms with Crippen LogP contribution >= 0.6 is 0 Å². The predicted molar refractivity (Wildman–Crippen MR) is 116 cm³/mol. The first kappa shape index (κ1) is 26.3. The van der Waals surface area contributed by atoms with Crippen LogP contribution in [-0.4, -0.2) is 97.3 Å². The summed E-state index contributed by atoms with van der Waals surface area (Å²) in [7, 11) is 5.15. The fourth-order valence-corrected chi connectivity index (χ4v) is 3.65. The van der Waals surface area contributed by atoms with Crippen molar-refractivity contribution in [1.82, 2.24) is 15.0 Å². The van der Waals surface area contributed by atoms with Crippen LogP contribution in [0.1, 0.15) is 41.5 Å². The third kappa shape index (κ3) is 6.13. The quantitative estimate of drug-likeness (QED) is 0.335. The first-order valence-corrected chi connectivity index (χ1v) is 10.8. The van der Waals surface area contributed by atoms with Gasteiger partial charge < -0.3 is 24.3 Å². The summed E-state index contributed by atoms with van der Waals surface area (Å²) in [6.07, 6.45) is -0.404. The maximum absolute atomic E-state index is 6.14. The minimum absolute atomic E-state index is 0.202. The van der Waals surface area contributed by atoms with Gasteiger partial charge in [0.05, 0.1) is 26.2 Å². The van der Waals surface area contributed by atoms with Gasteiger partial charge in [0.2, 0.25) is 18.4 Å². The molecule has 0 aliphatic carbocycles. The number of hydrogen-bond acceptors (Lipinski definition) is 8. The Hall–Kier alpha value is -1.75.